The minimum absolute atomic E-state index is 0.0880. The number of phenols is 2. The highest BCUT2D eigenvalue weighted by molar-refractivity contribution is 5.30. The molecule has 1 aromatic carbocycles. The van der Waals surface area contributed by atoms with Crippen molar-refractivity contribution in [2.75, 3.05) is 6.61 Å². The largest absolute Gasteiger partial charge is 0.508 e. The first-order valence-electron chi connectivity index (χ1n) is 3.79. The molecule has 3 N–H and O–H groups in total. The third kappa shape index (κ3) is 5.56. The second-order valence-corrected chi connectivity index (χ2v) is 2.24. The van der Waals surface area contributed by atoms with Gasteiger partial charge in [0.05, 0.1) is 0 Å². The standard InChI is InChI=1S/C6H6O2.C3H8O/c7-5-2-1-3-6(8)4-5;1-2-3-4/h1-4,7-8H;4H,2-3H2,1H3. The minimum Gasteiger partial charge on any atom is -0.508 e. The molecule has 0 bridgehead atoms. The molecule has 1 aromatic rings. The fourth-order valence-corrected chi connectivity index (χ4v) is 0.493. The van der Waals surface area contributed by atoms with Gasteiger partial charge in [-0.05, 0) is 18.6 Å². The van der Waals surface area contributed by atoms with Crippen LogP contribution in [-0.2, 0) is 0 Å². The Balaban J connectivity index is 0.000000261. The molecule has 3 heteroatoms. The molecular weight excluding hydrogens is 156 g/mol. The van der Waals surface area contributed by atoms with Gasteiger partial charge in [-0.2, -0.15) is 0 Å². The lowest BCUT2D eigenvalue weighted by Gasteiger charge is -1.89. The van der Waals surface area contributed by atoms with Crippen LogP contribution >= 0.6 is 0 Å². The molecule has 3 nitrogen and oxygen atoms in total. The van der Waals surface area contributed by atoms with E-state index in [1.54, 1.807) is 6.07 Å². The molecule has 0 saturated heterocycles. The van der Waals surface area contributed by atoms with Crippen LogP contribution in [0.3, 0.4) is 0 Å². The Kier molecular flexibility index (Phi) is 5.83. The van der Waals surface area contributed by atoms with Crippen LogP contribution in [0.25, 0.3) is 0 Å². The molecule has 0 radical (unpaired) electrons. The second-order valence-electron chi connectivity index (χ2n) is 2.24. The smallest absolute Gasteiger partial charge is 0.119 e. The molecule has 0 saturated carbocycles. The Morgan fingerprint density at radius 2 is 1.58 bits per heavy atom. The monoisotopic (exact) mass is 170 g/mol. The van der Waals surface area contributed by atoms with Crippen molar-refractivity contribution in [3.8, 4) is 11.5 Å². The molecule has 0 fully saturated rings. The molecule has 0 unspecified atom stereocenters. The van der Waals surface area contributed by atoms with Crippen LogP contribution in [0.5, 0.6) is 11.5 Å². The summed E-state index contributed by atoms with van der Waals surface area (Å²) in [4.78, 5) is 0. The number of aromatic hydroxyl groups is 2. The summed E-state index contributed by atoms with van der Waals surface area (Å²) >= 11 is 0. The number of hydrogen-bond donors (Lipinski definition) is 3. The predicted molar refractivity (Wildman–Crippen MR) is 47.1 cm³/mol. The third-order valence-corrected chi connectivity index (χ3v) is 1.05. The van der Waals surface area contributed by atoms with Crippen molar-refractivity contribution in [2.45, 2.75) is 13.3 Å². The van der Waals surface area contributed by atoms with Gasteiger partial charge in [0.2, 0.25) is 0 Å². The summed E-state index contributed by atoms with van der Waals surface area (Å²) in [5.41, 5.74) is 0. The number of phenolic OH excluding ortho intramolecular Hbond substituents is 2. The highest BCUT2D eigenvalue weighted by atomic mass is 16.3. The number of aliphatic hydroxyl groups excluding tert-OH is 1. The minimum atomic E-state index is 0.0880. The van der Waals surface area contributed by atoms with Crippen LogP contribution in [0.2, 0.25) is 0 Å². The van der Waals surface area contributed by atoms with Gasteiger partial charge >= 0.3 is 0 Å². The zero-order chi connectivity index (χ0) is 9.40. The zero-order valence-electron chi connectivity index (χ0n) is 7.07. The number of benzene rings is 1. The SMILES string of the molecule is CCCO.Oc1cccc(O)c1. The fraction of sp³-hybridized carbons (Fsp3) is 0.333. The first-order valence-corrected chi connectivity index (χ1v) is 3.79. The molecule has 12 heavy (non-hydrogen) atoms. The van der Waals surface area contributed by atoms with E-state index in [2.05, 4.69) is 0 Å². The van der Waals surface area contributed by atoms with Crippen molar-refractivity contribution >= 4 is 0 Å². The molecule has 1 rings (SSSR count). The van der Waals surface area contributed by atoms with Crippen LogP contribution in [-0.4, -0.2) is 21.9 Å². The highest BCUT2D eigenvalue weighted by Gasteiger charge is 1.85. The van der Waals surface area contributed by atoms with Gasteiger partial charge in [-0.3, -0.25) is 0 Å². The average Bonchev–Trinajstić information content (AvgIpc) is 2.04. The molecule has 0 aliphatic rings. The highest BCUT2D eigenvalue weighted by Crippen LogP contribution is 2.14. The summed E-state index contributed by atoms with van der Waals surface area (Å²) < 4.78 is 0. The molecule has 0 amide bonds. The number of aliphatic hydroxyl groups is 1. The lowest BCUT2D eigenvalue weighted by atomic mass is 10.3. The maximum atomic E-state index is 8.65. The Bertz CT molecular complexity index is 191. The summed E-state index contributed by atoms with van der Waals surface area (Å²) in [7, 11) is 0. The van der Waals surface area contributed by atoms with Crippen LogP contribution in [0.1, 0.15) is 13.3 Å². The van der Waals surface area contributed by atoms with Crippen LogP contribution in [0, 0.1) is 0 Å². The van der Waals surface area contributed by atoms with E-state index in [1.807, 2.05) is 6.92 Å². The average molecular weight is 170 g/mol. The van der Waals surface area contributed by atoms with Gasteiger partial charge < -0.3 is 15.3 Å². The molecular formula is C9H14O3. The van der Waals surface area contributed by atoms with E-state index >= 15 is 0 Å². The van der Waals surface area contributed by atoms with Crippen molar-refractivity contribution in [1.29, 1.82) is 0 Å². The maximum Gasteiger partial charge on any atom is 0.119 e. The molecule has 0 aliphatic heterocycles. The number of rotatable bonds is 1. The zero-order valence-corrected chi connectivity index (χ0v) is 7.07. The summed E-state index contributed by atoms with van der Waals surface area (Å²) in [5.74, 6) is 0.176. The second kappa shape index (κ2) is 6.49. The van der Waals surface area contributed by atoms with E-state index in [0.29, 0.717) is 6.61 Å². The van der Waals surface area contributed by atoms with Crippen LogP contribution < -0.4 is 0 Å². The van der Waals surface area contributed by atoms with E-state index in [1.165, 1.54) is 18.2 Å². The molecule has 68 valence electrons. The maximum absolute atomic E-state index is 8.65. The third-order valence-electron chi connectivity index (χ3n) is 1.05. The molecule has 0 atom stereocenters. The van der Waals surface area contributed by atoms with Crippen molar-refractivity contribution in [2.24, 2.45) is 0 Å². The van der Waals surface area contributed by atoms with E-state index in [-0.39, 0.29) is 11.5 Å². The van der Waals surface area contributed by atoms with Crippen LogP contribution in [0.4, 0.5) is 0 Å². The lowest BCUT2D eigenvalue weighted by molar-refractivity contribution is 0.295. The quantitative estimate of drug-likeness (QED) is 0.598. The fourth-order valence-electron chi connectivity index (χ4n) is 0.493. The van der Waals surface area contributed by atoms with E-state index in [4.69, 9.17) is 15.3 Å². The summed E-state index contributed by atoms with van der Waals surface area (Å²) in [6.45, 7) is 2.25. The molecule has 0 heterocycles. The van der Waals surface area contributed by atoms with Gasteiger partial charge in [0, 0.05) is 12.7 Å². The van der Waals surface area contributed by atoms with E-state index in [9.17, 15) is 0 Å². The number of hydrogen-bond acceptors (Lipinski definition) is 3. The Hall–Kier alpha value is -1.22. The van der Waals surface area contributed by atoms with Crippen molar-refractivity contribution in [1.82, 2.24) is 0 Å². The molecule has 0 spiro atoms. The van der Waals surface area contributed by atoms with Gasteiger partial charge in [0.1, 0.15) is 11.5 Å². The van der Waals surface area contributed by atoms with E-state index < -0.39 is 0 Å². The summed E-state index contributed by atoms with van der Waals surface area (Å²) in [6, 6.07) is 5.85. The Labute approximate surface area is 71.9 Å². The van der Waals surface area contributed by atoms with Gasteiger partial charge in [-0.15, -0.1) is 0 Å². The molecule has 0 aliphatic carbocycles. The topological polar surface area (TPSA) is 60.7 Å². The Morgan fingerprint density at radius 1 is 1.17 bits per heavy atom. The van der Waals surface area contributed by atoms with Crippen molar-refractivity contribution in [3.05, 3.63) is 24.3 Å². The molecule has 0 aromatic heterocycles. The van der Waals surface area contributed by atoms with E-state index in [0.717, 1.165) is 6.42 Å². The summed E-state index contributed by atoms with van der Waals surface area (Å²) in [6.07, 6.45) is 0.875. The predicted octanol–water partition coefficient (Wildman–Crippen LogP) is 1.49. The van der Waals surface area contributed by atoms with Gasteiger partial charge in [0.25, 0.3) is 0 Å². The summed E-state index contributed by atoms with van der Waals surface area (Å²) in [5, 5.41) is 25.2. The first kappa shape index (κ1) is 10.8. The normalized spacial score (nSPS) is 8.50. The Morgan fingerprint density at radius 3 is 1.75 bits per heavy atom. The van der Waals surface area contributed by atoms with Crippen LogP contribution in [0.15, 0.2) is 24.3 Å². The van der Waals surface area contributed by atoms with Crippen molar-refractivity contribution < 1.29 is 15.3 Å². The van der Waals surface area contributed by atoms with Gasteiger partial charge in [-0.1, -0.05) is 13.0 Å². The van der Waals surface area contributed by atoms with Gasteiger partial charge in [-0.25, -0.2) is 0 Å². The van der Waals surface area contributed by atoms with Crippen molar-refractivity contribution in [3.63, 3.8) is 0 Å². The first-order chi connectivity index (χ1) is 5.70. The lowest BCUT2D eigenvalue weighted by Crippen LogP contribution is -1.69. The van der Waals surface area contributed by atoms with Gasteiger partial charge in [0.15, 0.2) is 0 Å².